The molecule has 41 heavy (non-hydrogen) atoms. The molecule has 1 fully saturated rings. The SMILES string of the molecule is O=C(NS(=O)(=O)c1ccc(NCCCN2CCOCC2)c([N+](=O)[O-])c1)c1ccccc1Oc1cnc2[nH]ccc2c1. The lowest BCUT2D eigenvalue weighted by Crippen LogP contribution is -2.37. The molecule has 0 atom stereocenters. The van der Waals surface area contributed by atoms with Gasteiger partial charge < -0.3 is 19.8 Å². The molecule has 14 heteroatoms. The summed E-state index contributed by atoms with van der Waals surface area (Å²) in [6.45, 7) is 4.33. The minimum Gasteiger partial charge on any atom is -0.455 e. The van der Waals surface area contributed by atoms with Gasteiger partial charge in [0.2, 0.25) is 0 Å². The number of aromatic amines is 1. The van der Waals surface area contributed by atoms with Crippen LogP contribution in [0.2, 0.25) is 0 Å². The third-order valence-corrected chi connectivity index (χ3v) is 7.84. The van der Waals surface area contributed by atoms with E-state index in [2.05, 4.69) is 20.2 Å². The Morgan fingerprint density at radius 2 is 1.95 bits per heavy atom. The summed E-state index contributed by atoms with van der Waals surface area (Å²) in [7, 11) is -4.45. The maximum atomic E-state index is 13.1. The van der Waals surface area contributed by atoms with Crippen LogP contribution in [-0.4, -0.2) is 73.5 Å². The van der Waals surface area contributed by atoms with Gasteiger partial charge in [0.15, 0.2) is 0 Å². The van der Waals surface area contributed by atoms with Crippen molar-refractivity contribution in [1.82, 2.24) is 19.6 Å². The smallest absolute Gasteiger partial charge is 0.293 e. The average molecular weight is 581 g/mol. The number of nitrogens with one attached hydrogen (secondary N) is 3. The minimum absolute atomic E-state index is 0.0432. The summed E-state index contributed by atoms with van der Waals surface area (Å²) in [4.78, 5) is 33.2. The molecule has 2 aromatic heterocycles. The molecule has 5 rings (SSSR count). The number of nitrogens with zero attached hydrogens (tertiary/aromatic N) is 3. The van der Waals surface area contributed by atoms with Crippen molar-refractivity contribution < 1.29 is 27.6 Å². The lowest BCUT2D eigenvalue weighted by Gasteiger charge is -2.26. The predicted octanol–water partition coefficient (Wildman–Crippen LogP) is 3.52. The number of hydrogen-bond acceptors (Lipinski definition) is 10. The summed E-state index contributed by atoms with van der Waals surface area (Å²) in [5.41, 5.74) is 0.396. The molecule has 13 nitrogen and oxygen atoms in total. The maximum Gasteiger partial charge on any atom is 0.293 e. The molecule has 1 saturated heterocycles. The second-order valence-corrected chi connectivity index (χ2v) is 11.0. The average Bonchev–Trinajstić information content (AvgIpc) is 3.44. The quantitative estimate of drug-likeness (QED) is 0.136. The van der Waals surface area contributed by atoms with Gasteiger partial charge in [-0.1, -0.05) is 12.1 Å². The molecule has 0 bridgehead atoms. The molecule has 3 N–H and O–H groups in total. The van der Waals surface area contributed by atoms with E-state index in [1.54, 1.807) is 24.4 Å². The van der Waals surface area contributed by atoms with Crippen molar-refractivity contribution >= 4 is 38.3 Å². The Labute approximate surface area is 235 Å². The number of amides is 1. The lowest BCUT2D eigenvalue weighted by molar-refractivity contribution is -0.384. The van der Waals surface area contributed by atoms with Crippen LogP contribution < -0.4 is 14.8 Å². The fourth-order valence-corrected chi connectivity index (χ4v) is 5.40. The number of morpholine rings is 1. The second-order valence-electron chi connectivity index (χ2n) is 9.29. The molecule has 214 valence electrons. The minimum atomic E-state index is -4.45. The molecule has 4 aromatic rings. The van der Waals surface area contributed by atoms with Crippen molar-refractivity contribution in [2.75, 3.05) is 44.7 Å². The van der Waals surface area contributed by atoms with E-state index in [1.807, 2.05) is 10.8 Å². The number of rotatable bonds is 11. The third kappa shape index (κ3) is 6.80. The van der Waals surface area contributed by atoms with E-state index < -0.39 is 31.4 Å². The Morgan fingerprint density at radius 3 is 2.76 bits per heavy atom. The van der Waals surface area contributed by atoms with E-state index in [0.717, 1.165) is 37.5 Å². The van der Waals surface area contributed by atoms with Crippen LogP contribution in [0.5, 0.6) is 11.5 Å². The first kappa shape index (κ1) is 28.0. The van der Waals surface area contributed by atoms with Gasteiger partial charge in [-0.25, -0.2) is 18.1 Å². The van der Waals surface area contributed by atoms with Crippen LogP contribution in [0.25, 0.3) is 11.0 Å². The van der Waals surface area contributed by atoms with Gasteiger partial charge in [0.1, 0.15) is 22.8 Å². The molecular formula is C27H28N6O7S. The standard InChI is InChI=1S/C27H28N6O7S/c34-27(22-4-1-2-5-25(22)40-20-16-19-8-10-29-26(19)30-18-20)31-41(37,38)21-6-7-23(24(17-21)33(35)36)28-9-3-11-32-12-14-39-15-13-32/h1-2,4-8,10,16-18,28H,3,9,11-15H2,(H,29,30)(H,31,34). The Kier molecular flexibility index (Phi) is 8.42. The van der Waals surface area contributed by atoms with Crippen molar-refractivity contribution in [2.24, 2.45) is 0 Å². The molecular weight excluding hydrogens is 552 g/mol. The summed E-state index contributed by atoms with van der Waals surface area (Å²) in [6.07, 6.45) is 3.94. The number of aromatic nitrogens is 2. The number of ether oxygens (including phenoxy) is 2. The first-order valence-electron chi connectivity index (χ1n) is 12.9. The number of carbonyl (C=O) groups excluding carboxylic acids is 1. The van der Waals surface area contributed by atoms with Crippen LogP contribution in [0.4, 0.5) is 11.4 Å². The Balaban J connectivity index is 1.27. The van der Waals surface area contributed by atoms with Crippen molar-refractivity contribution in [3.8, 4) is 11.5 Å². The number of sulfonamides is 1. The maximum absolute atomic E-state index is 13.1. The molecule has 0 radical (unpaired) electrons. The van der Waals surface area contributed by atoms with E-state index >= 15 is 0 Å². The molecule has 1 amide bonds. The highest BCUT2D eigenvalue weighted by Gasteiger charge is 2.25. The Morgan fingerprint density at radius 1 is 1.15 bits per heavy atom. The number of carbonyl (C=O) groups is 1. The van der Waals surface area contributed by atoms with Crippen LogP contribution in [0, 0.1) is 10.1 Å². The highest BCUT2D eigenvalue weighted by molar-refractivity contribution is 7.90. The Hall–Kier alpha value is -4.53. The van der Waals surface area contributed by atoms with Crippen molar-refractivity contribution in [3.05, 3.63) is 82.7 Å². The number of benzene rings is 2. The van der Waals surface area contributed by atoms with Crippen LogP contribution in [0.15, 0.2) is 71.9 Å². The highest BCUT2D eigenvalue weighted by Crippen LogP contribution is 2.29. The van der Waals surface area contributed by atoms with Crippen LogP contribution in [0.3, 0.4) is 0 Å². The fraction of sp³-hybridized carbons (Fsp3) is 0.259. The zero-order chi connectivity index (χ0) is 28.8. The van der Waals surface area contributed by atoms with Crippen LogP contribution in [-0.2, 0) is 14.8 Å². The normalized spacial score (nSPS) is 14.0. The highest BCUT2D eigenvalue weighted by atomic mass is 32.2. The van der Waals surface area contributed by atoms with E-state index in [-0.39, 0.29) is 17.0 Å². The molecule has 0 unspecified atom stereocenters. The topological polar surface area (TPSA) is 169 Å². The largest absolute Gasteiger partial charge is 0.455 e. The molecule has 0 aliphatic carbocycles. The van der Waals surface area contributed by atoms with Crippen molar-refractivity contribution in [1.29, 1.82) is 0 Å². The summed E-state index contributed by atoms with van der Waals surface area (Å²) >= 11 is 0. The number of H-pyrrole nitrogens is 1. The molecule has 1 aliphatic heterocycles. The molecule has 3 heterocycles. The number of para-hydroxylation sites is 1. The van der Waals surface area contributed by atoms with Gasteiger partial charge in [0.05, 0.1) is 34.8 Å². The van der Waals surface area contributed by atoms with Gasteiger partial charge in [-0.05, 0) is 49.4 Å². The Bertz CT molecular complexity index is 1670. The second kappa shape index (κ2) is 12.3. The van der Waals surface area contributed by atoms with E-state index in [9.17, 15) is 23.3 Å². The number of hydrogen-bond donors (Lipinski definition) is 3. The summed E-state index contributed by atoms with van der Waals surface area (Å²) in [5, 5.41) is 15.6. The molecule has 1 aliphatic rings. The first-order valence-corrected chi connectivity index (χ1v) is 14.4. The number of anilines is 1. The van der Waals surface area contributed by atoms with Gasteiger partial charge >= 0.3 is 0 Å². The summed E-state index contributed by atoms with van der Waals surface area (Å²) in [6, 6.07) is 13.1. The molecule has 0 spiro atoms. The number of fused-ring (bicyclic) bond motifs is 1. The van der Waals surface area contributed by atoms with Gasteiger partial charge in [-0.2, -0.15) is 0 Å². The zero-order valence-corrected chi connectivity index (χ0v) is 22.7. The van der Waals surface area contributed by atoms with E-state index in [4.69, 9.17) is 9.47 Å². The van der Waals surface area contributed by atoms with Crippen molar-refractivity contribution in [2.45, 2.75) is 11.3 Å². The van der Waals surface area contributed by atoms with E-state index in [1.165, 1.54) is 30.5 Å². The fourth-order valence-electron chi connectivity index (χ4n) is 4.41. The summed E-state index contributed by atoms with van der Waals surface area (Å²) < 4.78 is 39.3. The van der Waals surface area contributed by atoms with Crippen LogP contribution in [0.1, 0.15) is 16.8 Å². The number of pyridine rings is 1. The van der Waals surface area contributed by atoms with E-state index in [0.29, 0.717) is 31.2 Å². The number of nitro benzene ring substituents is 1. The molecule has 0 saturated carbocycles. The van der Waals surface area contributed by atoms with Gasteiger partial charge in [-0.15, -0.1) is 0 Å². The van der Waals surface area contributed by atoms with Gasteiger partial charge in [-0.3, -0.25) is 19.8 Å². The lowest BCUT2D eigenvalue weighted by atomic mass is 10.2. The monoisotopic (exact) mass is 580 g/mol. The number of nitro groups is 1. The van der Waals surface area contributed by atoms with Gasteiger partial charge in [0, 0.05) is 37.3 Å². The van der Waals surface area contributed by atoms with Crippen LogP contribution >= 0.6 is 0 Å². The summed E-state index contributed by atoms with van der Waals surface area (Å²) in [5.74, 6) is -0.493. The third-order valence-electron chi connectivity index (χ3n) is 6.51. The predicted molar refractivity (Wildman–Crippen MR) is 151 cm³/mol. The van der Waals surface area contributed by atoms with Gasteiger partial charge in [0.25, 0.3) is 21.6 Å². The zero-order valence-electron chi connectivity index (χ0n) is 21.9. The first-order chi connectivity index (χ1) is 19.8. The van der Waals surface area contributed by atoms with Crippen molar-refractivity contribution in [3.63, 3.8) is 0 Å². The molecule has 2 aromatic carbocycles.